The molecule has 0 saturated carbocycles. The monoisotopic (exact) mass is 338 g/mol. The summed E-state index contributed by atoms with van der Waals surface area (Å²) in [5.41, 5.74) is 0.841. The van der Waals surface area contributed by atoms with Gasteiger partial charge in [-0.1, -0.05) is 17.7 Å². The first-order valence-electron chi connectivity index (χ1n) is 6.56. The minimum Gasteiger partial charge on any atom is -0.493 e. The van der Waals surface area contributed by atoms with Gasteiger partial charge in [0.25, 0.3) is 0 Å². The van der Waals surface area contributed by atoms with Gasteiger partial charge in [-0.3, -0.25) is 0 Å². The minimum absolute atomic E-state index is 0.206. The van der Waals surface area contributed by atoms with Crippen LogP contribution < -0.4 is 9.47 Å². The van der Waals surface area contributed by atoms with Gasteiger partial charge < -0.3 is 14.6 Å². The van der Waals surface area contributed by atoms with E-state index in [1.54, 1.807) is 24.3 Å². The van der Waals surface area contributed by atoms with Crippen molar-refractivity contribution in [3.05, 3.63) is 45.1 Å². The van der Waals surface area contributed by atoms with Crippen LogP contribution in [0.5, 0.6) is 11.5 Å². The molecule has 0 radical (unpaired) electrons. The quantitative estimate of drug-likeness (QED) is 0.791. The van der Waals surface area contributed by atoms with E-state index in [9.17, 15) is 9.90 Å². The largest absolute Gasteiger partial charge is 0.493 e. The SMILES string of the molecule is CCOc1c(Cl)cc(/C=C(\C(=O)O)c2cccs2)cc1OC. The number of methoxy groups -OCH3 is 1. The van der Waals surface area contributed by atoms with Gasteiger partial charge >= 0.3 is 5.97 Å². The third-order valence-corrected chi connectivity index (χ3v) is 4.05. The Morgan fingerprint density at radius 3 is 2.77 bits per heavy atom. The highest BCUT2D eigenvalue weighted by Crippen LogP contribution is 2.37. The molecule has 2 rings (SSSR count). The molecular formula is C16H15ClO4S. The zero-order valence-corrected chi connectivity index (χ0v) is 13.7. The van der Waals surface area contributed by atoms with Crippen molar-refractivity contribution in [2.45, 2.75) is 6.92 Å². The molecule has 0 unspecified atom stereocenters. The van der Waals surface area contributed by atoms with Crippen molar-refractivity contribution < 1.29 is 19.4 Å². The normalized spacial score (nSPS) is 11.3. The molecule has 0 aliphatic rings. The average molecular weight is 339 g/mol. The third-order valence-electron chi connectivity index (χ3n) is 2.87. The van der Waals surface area contributed by atoms with E-state index in [0.717, 1.165) is 0 Å². The van der Waals surface area contributed by atoms with Crippen molar-refractivity contribution in [3.63, 3.8) is 0 Å². The van der Waals surface area contributed by atoms with Gasteiger partial charge in [0.05, 0.1) is 24.3 Å². The van der Waals surface area contributed by atoms with Gasteiger partial charge in [-0.2, -0.15) is 0 Å². The van der Waals surface area contributed by atoms with Crippen molar-refractivity contribution in [3.8, 4) is 11.5 Å². The second-order valence-corrected chi connectivity index (χ2v) is 5.66. The first kappa shape index (κ1) is 16.4. The van der Waals surface area contributed by atoms with E-state index < -0.39 is 5.97 Å². The Morgan fingerprint density at radius 1 is 1.45 bits per heavy atom. The van der Waals surface area contributed by atoms with Gasteiger partial charge in [0, 0.05) is 4.88 Å². The molecule has 1 aromatic heterocycles. The van der Waals surface area contributed by atoms with Gasteiger partial charge in [-0.15, -0.1) is 11.3 Å². The van der Waals surface area contributed by atoms with E-state index in [1.807, 2.05) is 18.4 Å². The standard InChI is InChI=1S/C16H15ClO4S/c1-3-21-15-12(17)8-10(9-13(15)20-2)7-11(16(18)19)14-5-4-6-22-14/h4-9H,3H2,1-2H3,(H,18,19)/b11-7-. The number of aliphatic carboxylic acids is 1. The number of carbonyl (C=O) groups is 1. The Hall–Kier alpha value is -1.98. The molecular weight excluding hydrogens is 324 g/mol. The van der Waals surface area contributed by atoms with E-state index in [4.69, 9.17) is 21.1 Å². The molecule has 0 aliphatic carbocycles. The summed E-state index contributed by atoms with van der Waals surface area (Å²) in [6.07, 6.45) is 1.57. The topological polar surface area (TPSA) is 55.8 Å². The van der Waals surface area contributed by atoms with Crippen LogP contribution in [0.25, 0.3) is 11.6 Å². The number of hydrogen-bond acceptors (Lipinski definition) is 4. The predicted octanol–water partition coefficient (Wildman–Crippen LogP) is 4.43. The van der Waals surface area contributed by atoms with Crippen LogP contribution in [0.2, 0.25) is 5.02 Å². The molecule has 0 aliphatic heterocycles. The fraction of sp³-hybridized carbons (Fsp3) is 0.188. The number of thiophene rings is 1. The summed E-state index contributed by atoms with van der Waals surface area (Å²) < 4.78 is 10.7. The second kappa shape index (κ2) is 7.33. The maximum atomic E-state index is 11.5. The van der Waals surface area contributed by atoms with E-state index >= 15 is 0 Å². The highest BCUT2D eigenvalue weighted by atomic mass is 35.5. The number of carboxylic acids is 1. The molecule has 0 atom stereocenters. The number of halogens is 1. The summed E-state index contributed by atoms with van der Waals surface area (Å²) in [6, 6.07) is 6.93. The molecule has 0 bridgehead atoms. The van der Waals surface area contributed by atoms with E-state index in [2.05, 4.69) is 0 Å². The summed E-state index contributed by atoms with van der Waals surface area (Å²) in [4.78, 5) is 12.1. The Labute approximate surface area is 137 Å². The van der Waals surface area contributed by atoms with Crippen LogP contribution >= 0.6 is 22.9 Å². The molecule has 6 heteroatoms. The number of carboxylic acid groups (broad SMARTS) is 1. The predicted molar refractivity (Wildman–Crippen MR) is 89.0 cm³/mol. The Morgan fingerprint density at radius 2 is 2.23 bits per heavy atom. The summed E-state index contributed by atoms with van der Waals surface area (Å²) in [7, 11) is 1.51. The van der Waals surface area contributed by atoms with Crippen LogP contribution in [0.3, 0.4) is 0 Å². The lowest BCUT2D eigenvalue weighted by molar-refractivity contribution is -0.130. The zero-order chi connectivity index (χ0) is 16.1. The maximum Gasteiger partial charge on any atom is 0.337 e. The smallest absolute Gasteiger partial charge is 0.337 e. The molecule has 22 heavy (non-hydrogen) atoms. The van der Waals surface area contributed by atoms with Crippen LogP contribution in [0, 0.1) is 0 Å². The van der Waals surface area contributed by atoms with E-state index in [-0.39, 0.29) is 5.57 Å². The lowest BCUT2D eigenvalue weighted by Gasteiger charge is -2.12. The van der Waals surface area contributed by atoms with Crippen molar-refractivity contribution in [1.82, 2.24) is 0 Å². The fourth-order valence-electron chi connectivity index (χ4n) is 1.94. The first-order chi connectivity index (χ1) is 10.6. The lowest BCUT2D eigenvalue weighted by atomic mass is 10.1. The van der Waals surface area contributed by atoms with Crippen LogP contribution in [0.1, 0.15) is 17.4 Å². The summed E-state index contributed by atoms with van der Waals surface area (Å²) in [5.74, 6) is -0.0697. The van der Waals surface area contributed by atoms with Crippen molar-refractivity contribution >= 4 is 40.6 Å². The van der Waals surface area contributed by atoms with Crippen molar-refractivity contribution in [2.75, 3.05) is 13.7 Å². The highest BCUT2D eigenvalue weighted by Gasteiger charge is 2.15. The Kier molecular flexibility index (Phi) is 5.46. The molecule has 1 aromatic carbocycles. The van der Waals surface area contributed by atoms with Crippen LogP contribution in [0.15, 0.2) is 29.6 Å². The highest BCUT2D eigenvalue weighted by molar-refractivity contribution is 7.11. The van der Waals surface area contributed by atoms with Gasteiger partial charge in [0.2, 0.25) is 0 Å². The van der Waals surface area contributed by atoms with Crippen molar-refractivity contribution in [1.29, 1.82) is 0 Å². The average Bonchev–Trinajstić information content (AvgIpc) is 3.00. The zero-order valence-electron chi connectivity index (χ0n) is 12.1. The Bertz CT molecular complexity index is 692. The first-order valence-corrected chi connectivity index (χ1v) is 7.81. The van der Waals surface area contributed by atoms with Gasteiger partial charge in [0.1, 0.15) is 0 Å². The lowest BCUT2D eigenvalue weighted by Crippen LogP contribution is -1.99. The molecule has 0 fully saturated rings. The number of ether oxygens (including phenoxy) is 2. The van der Waals surface area contributed by atoms with Crippen LogP contribution in [-0.4, -0.2) is 24.8 Å². The number of benzene rings is 1. The van der Waals surface area contributed by atoms with Crippen LogP contribution in [0.4, 0.5) is 0 Å². The second-order valence-electron chi connectivity index (χ2n) is 4.31. The van der Waals surface area contributed by atoms with E-state index in [1.165, 1.54) is 18.4 Å². The van der Waals surface area contributed by atoms with Gasteiger partial charge in [-0.05, 0) is 42.1 Å². The van der Waals surface area contributed by atoms with Crippen molar-refractivity contribution in [2.24, 2.45) is 0 Å². The summed E-state index contributed by atoms with van der Waals surface area (Å²) in [5, 5.41) is 11.6. The molecule has 0 amide bonds. The molecule has 0 saturated heterocycles. The molecule has 1 N–H and O–H groups in total. The molecule has 1 heterocycles. The van der Waals surface area contributed by atoms with E-state index in [0.29, 0.717) is 33.6 Å². The molecule has 4 nitrogen and oxygen atoms in total. The van der Waals surface area contributed by atoms with Crippen LogP contribution in [-0.2, 0) is 4.79 Å². The fourth-order valence-corrected chi connectivity index (χ4v) is 2.95. The van der Waals surface area contributed by atoms with Gasteiger partial charge in [0.15, 0.2) is 11.5 Å². The Balaban J connectivity index is 2.50. The number of hydrogen-bond donors (Lipinski definition) is 1. The summed E-state index contributed by atoms with van der Waals surface area (Å²) in [6.45, 7) is 2.31. The molecule has 2 aromatic rings. The molecule has 0 spiro atoms. The number of rotatable bonds is 6. The minimum atomic E-state index is -0.994. The van der Waals surface area contributed by atoms with Gasteiger partial charge in [-0.25, -0.2) is 4.79 Å². The maximum absolute atomic E-state index is 11.5. The third kappa shape index (κ3) is 3.61. The molecule has 116 valence electrons. The summed E-state index contributed by atoms with van der Waals surface area (Å²) >= 11 is 7.57.